The number of nitrogens with one attached hydrogen (secondary N) is 1. The normalized spacial score (nSPS) is 15.9. The van der Waals surface area contributed by atoms with E-state index in [2.05, 4.69) is 33.0 Å². The van der Waals surface area contributed by atoms with Gasteiger partial charge in [-0.1, -0.05) is 25.0 Å². The van der Waals surface area contributed by atoms with Crippen LogP contribution in [0.25, 0.3) is 5.65 Å². The van der Waals surface area contributed by atoms with Gasteiger partial charge in [0.15, 0.2) is 5.65 Å². The van der Waals surface area contributed by atoms with Crippen LogP contribution in [0, 0.1) is 0 Å². The minimum atomic E-state index is -0.109. The molecule has 26 heavy (non-hydrogen) atoms. The van der Waals surface area contributed by atoms with Gasteiger partial charge in [-0.2, -0.15) is 4.52 Å². The Balaban J connectivity index is 1.52. The summed E-state index contributed by atoms with van der Waals surface area (Å²) in [5.41, 5.74) is 2.41. The molecular formula is C19H21N5O2. The van der Waals surface area contributed by atoms with Crippen molar-refractivity contribution in [3.8, 4) is 5.75 Å². The fraction of sp³-hybridized carbons (Fsp3) is 0.368. The monoisotopic (exact) mass is 351 g/mol. The number of carbonyl (C=O) groups is 1. The van der Waals surface area contributed by atoms with E-state index in [1.54, 1.807) is 25.4 Å². The smallest absolute Gasteiger partial charge is 0.252 e. The first kappa shape index (κ1) is 16.5. The highest BCUT2D eigenvalue weighted by Gasteiger charge is 2.36. The van der Waals surface area contributed by atoms with Crippen LogP contribution in [0.3, 0.4) is 0 Å². The zero-order valence-electron chi connectivity index (χ0n) is 14.7. The summed E-state index contributed by atoms with van der Waals surface area (Å²) in [6.07, 6.45) is 6.16. The number of aromatic nitrogens is 4. The number of pyridine rings is 1. The van der Waals surface area contributed by atoms with E-state index >= 15 is 0 Å². The maximum Gasteiger partial charge on any atom is 0.252 e. The summed E-state index contributed by atoms with van der Waals surface area (Å²) in [5.74, 6) is 0.739. The van der Waals surface area contributed by atoms with E-state index in [1.807, 2.05) is 12.1 Å². The highest BCUT2D eigenvalue weighted by Crippen LogP contribution is 2.41. The second-order valence-corrected chi connectivity index (χ2v) is 6.80. The Hall–Kier alpha value is -2.96. The van der Waals surface area contributed by atoms with Gasteiger partial charge in [-0.3, -0.25) is 4.79 Å². The molecule has 3 aromatic rings. The van der Waals surface area contributed by atoms with E-state index in [1.165, 1.54) is 22.9 Å². The number of fused-ring (bicyclic) bond motifs is 1. The molecule has 1 aromatic carbocycles. The van der Waals surface area contributed by atoms with E-state index in [4.69, 9.17) is 4.74 Å². The first-order valence-corrected chi connectivity index (χ1v) is 8.81. The lowest BCUT2D eigenvalue weighted by atomic mass is 9.78. The number of tetrazole rings is 1. The molecule has 1 aliphatic rings. The number of amides is 1. The summed E-state index contributed by atoms with van der Waals surface area (Å²) in [6, 6.07) is 11.7. The van der Waals surface area contributed by atoms with Gasteiger partial charge >= 0.3 is 0 Å². The summed E-state index contributed by atoms with van der Waals surface area (Å²) in [6.45, 7) is 0.617. The van der Waals surface area contributed by atoms with Gasteiger partial charge in [-0.05, 0) is 53.1 Å². The molecule has 7 nitrogen and oxygen atoms in total. The molecule has 0 unspecified atom stereocenters. The molecule has 4 rings (SSSR count). The Kier molecular flexibility index (Phi) is 4.28. The van der Waals surface area contributed by atoms with Crippen molar-refractivity contribution in [3.05, 3.63) is 53.7 Å². The lowest BCUT2D eigenvalue weighted by molar-refractivity contribution is 0.0942. The Bertz CT molecular complexity index is 913. The molecule has 1 amide bonds. The molecule has 1 saturated carbocycles. The number of carbonyl (C=O) groups excluding carboxylic acids is 1. The number of hydrogen-bond donors (Lipinski definition) is 1. The predicted molar refractivity (Wildman–Crippen MR) is 96.3 cm³/mol. The van der Waals surface area contributed by atoms with Crippen molar-refractivity contribution in [2.75, 3.05) is 13.7 Å². The maximum atomic E-state index is 12.6. The van der Waals surface area contributed by atoms with E-state index in [0.29, 0.717) is 17.8 Å². The fourth-order valence-corrected chi connectivity index (χ4v) is 3.79. The van der Waals surface area contributed by atoms with Gasteiger partial charge in [0.25, 0.3) is 5.91 Å². The molecule has 2 aromatic heterocycles. The van der Waals surface area contributed by atoms with Crippen molar-refractivity contribution in [2.45, 2.75) is 31.1 Å². The molecule has 0 spiro atoms. The molecule has 0 atom stereocenters. The number of rotatable bonds is 5. The third kappa shape index (κ3) is 3.00. The zero-order valence-corrected chi connectivity index (χ0v) is 14.7. The van der Waals surface area contributed by atoms with Gasteiger partial charge in [0.2, 0.25) is 0 Å². The Morgan fingerprint density at radius 1 is 1.19 bits per heavy atom. The predicted octanol–water partition coefficient (Wildman–Crippen LogP) is 2.37. The molecule has 0 saturated heterocycles. The largest absolute Gasteiger partial charge is 0.497 e. The maximum absolute atomic E-state index is 12.6. The van der Waals surface area contributed by atoms with Crippen molar-refractivity contribution in [3.63, 3.8) is 0 Å². The van der Waals surface area contributed by atoms with Crippen molar-refractivity contribution in [2.24, 2.45) is 0 Å². The third-order valence-corrected chi connectivity index (χ3v) is 5.30. The van der Waals surface area contributed by atoms with Gasteiger partial charge < -0.3 is 10.1 Å². The van der Waals surface area contributed by atoms with Gasteiger partial charge in [0.05, 0.1) is 12.7 Å². The SMILES string of the molecule is COc1ccc(C2(CNC(=O)c3ccc4nnnn4c3)CCCC2)cc1. The number of nitrogens with zero attached hydrogens (tertiary/aromatic N) is 4. The zero-order chi connectivity index (χ0) is 18.0. The van der Waals surface area contributed by atoms with Crippen LogP contribution in [0.4, 0.5) is 0 Å². The van der Waals surface area contributed by atoms with Crippen LogP contribution < -0.4 is 10.1 Å². The first-order valence-electron chi connectivity index (χ1n) is 8.81. The van der Waals surface area contributed by atoms with Gasteiger partial charge in [-0.25, -0.2) is 0 Å². The third-order valence-electron chi connectivity index (χ3n) is 5.30. The lowest BCUT2D eigenvalue weighted by Gasteiger charge is -2.30. The topological polar surface area (TPSA) is 81.4 Å². The van der Waals surface area contributed by atoms with Crippen molar-refractivity contribution in [1.29, 1.82) is 0 Å². The average Bonchev–Trinajstić information content (AvgIpc) is 3.35. The number of methoxy groups -OCH3 is 1. The summed E-state index contributed by atoms with van der Waals surface area (Å²) < 4.78 is 6.76. The van der Waals surface area contributed by atoms with Crippen LogP contribution >= 0.6 is 0 Å². The molecule has 0 aliphatic heterocycles. The van der Waals surface area contributed by atoms with Crippen molar-refractivity contribution < 1.29 is 9.53 Å². The minimum absolute atomic E-state index is 0.0131. The molecule has 134 valence electrons. The summed E-state index contributed by atoms with van der Waals surface area (Å²) >= 11 is 0. The fourth-order valence-electron chi connectivity index (χ4n) is 3.79. The molecule has 2 heterocycles. The van der Waals surface area contributed by atoms with Crippen LogP contribution in [0.1, 0.15) is 41.6 Å². The number of ether oxygens (including phenoxy) is 1. The quantitative estimate of drug-likeness (QED) is 0.763. The Morgan fingerprint density at radius 2 is 1.96 bits per heavy atom. The Labute approximate surface area is 151 Å². The van der Waals surface area contributed by atoms with Gasteiger partial charge in [-0.15, -0.1) is 5.10 Å². The second kappa shape index (κ2) is 6.74. The molecule has 1 aliphatic carbocycles. The van der Waals surface area contributed by atoms with E-state index in [9.17, 15) is 4.79 Å². The van der Waals surface area contributed by atoms with Gasteiger partial charge in [0.1, 0.15) is 5.75 Å². The van der Waals surface area contributed by atoms with Crippen LogP contribution in [0.15, 0.2) is 42.6 Å². The highest BCUT2D eigenvalue weighted by molar-refractivity contribution is 5.94. The van der Waals surface area contributed by atoms with Crippen molar-refractivity contribution in [1.82, 2.24) is 25.4 Å². The van der Waals surface area contributed by atoms with Crippen LogP contribution in [-0.4, -0.2) is 39.6 Å². The average molecular weight is 351 g/mol. The van der Waals surface area contributed by atoms with Crippen LogP contribution in [0.2, 0.25) is 0 Å². The standard InChI is InChI=1S/C19H21N5O2/c1-26-16-7-5-15(6-8-16)19(10-2-3-11-19)13-20-18(25)14-4-9-17-21-22-23-24(17)12-14/h4-9,12H,2-3,10-11,13H2,1H3,(H,20,25). The highest BCUT2D eigenvalue weighted by atomic mass is 16.5. The van der Waals surface area contributed by atoms with E-state index in [-0.39, 0.29) is 11.3 Å². The minimum Gasteiger partial charge on any atom is -0.497 e. The summed E-state index contributed by atoms with van der Waals surface area (Å²) in [7, 11) is 1.67. The molecule has 1 N–H and O–H groups in total. The molecule has 1 fully saturated rings. The number of hydrogen-bond acceptors (Lipinski definition) is 5. The van der Waals surface area contributed by atoms with Crippen LogP contribution in [-0.2, 0) is 5.41 Å². The lowest BCUT2D eigenvalue weighted by Crippen LogP contribution is -2.39. The van der Waals surface area contributed by atoms with E-state index in [0.717, 1.165) is 18.6 Å². The molecule has 7 heteroatoms. The molecule has 0 radical (unpaired) electrons. The summed E-state index contributed by atoms with van der Waals surface area (Å²) in [5, 5.41) is 14.4. The first-order chi connectivity index (χ1) is 12.7. The van der Waals surface area contributed by atoms with Crippen molar-refractivity contribution >= 4 is 11.6 Å². The van der Waals surface area contributed by atoms with Gasteiger partial charge in [0, 0.05) is 18.2 Å². The molecule has 0 bridgehead atoms. The second-order valence-electron chi connectivity index (χ2n) is 6.80. The Morgan fingerprint density at radius 3 is 2.69 bits per heavy atom. The number of benzene rings is 1. The van der Waals surface area contributed by atoms with Crippen LogP contribution in [0.5, 0.6) is 5.75 Å². The summed E-state index contributed by atoms with van der Waals surface area (Å²) in [4.78, 5) is 12.6. The molecular weight excluding hydrogens is 330 g/mol. The van der Waals surface area contributed by atoms with E-state index < -0.39 is 0 Å².